The predicted octanol–water partition coefficient (Wildman–Crippen LogP) is 4.99. The number of benzene rings is 1. The number of ether oxygens (including phenoxy) is 1. The SMILES string of the molecule is C(/CCCc1ccccc1)=C(\CCCCN1CCOCC1)c1ccccn1. The summed E-state index contributed by atoms with van der Waals surface area (Å²) in [5.41, 5.74) is 3.98. The summed E-state index contributed by atoms with van der Waals surface area (Å²) >= 11 is 0. The summed E-state index contributed by atoms with van der Waals surface area (Å²) in [5, 5.41) is 0. The maximum atomic E-state index is 5.43. The van der Waals surface area contributed by atoms with Crippen LogP contribution < -0.4 is 0 Å². The summed E-state index contributed by atoms with van der Waals surface area (Å²) in [6, 6.07) is 17.0. The van der Waals surface area contributed by atoms with Crippen LogP contribution in [-0.4, -0.2) is 42.7 Å². The number of aromatic nitrogens is 1. The normalized spacial score (nSPS) is 15.8. The highest BCUT2D eigenvalue weighted by atomic mass is 16.5. The molecule has 1 aromatic heterocycles. The molecule has 0 unspecified atom stereocenters. The lowest BCUT2D eigenvalue weighted by Crippen LogP contribution is -2.36. The molecule has 27 heavy (non-hydrogen) atoms. The smallest absolute Gasteiger partial charge is 0.0658 e. The van der Waals surface area contributed by atoms with Gasteiger partial charge in [-0.15, -0.1) is 0 Å². The minimum absolute atomic E-state index is 0.889. The van der Waals surface area contributed by atoms with Gasteiger partial charge in [0.2, 0.25) is 0 Å². The molecule has 1 aromatic carbocycles. The van der Waals surface area contributed by atoms with E-state index in [9.17, 15) is 0 Å². The van der Waals surface area contributed by atoms with Gasteiger partial charge in [-0.05, 0) is 68.3 Å². The second-order valence-electron chi connectivity index (χ2n) is 7.23. The Labute approximate surface area is 164 Å². The lowest BCUT2D eigenvalue weighted by atomic mass is 10.0. The number of pyridine rings is 1. The number of morpholine rings is 1. The van der Waals surface area contributed by atoms with Crippen LogP contribution in [0.2, 0.25) is 0 Å². The van der Waals surface area contributed by atoms with E-state index in [1.165, 1.54) is 36.9 Å². The van der Waals surface area contributed by atoms with Crippen LogP contribution >= 0.6 is 0 Å². The summed E-state index contributed by atoms with van der Waals surface area (Å²) in [5.74, 6) is 0. The standard InChI is InChI=1S/C24H32N2O/c1-2-10-22(11-3-1)12-4-5-13-23(24-15-6-8-16-25-24)14-7-9-17-26-18-20-27-21-19-26/h1-3,6,8,10-11,13,15-16H,4-5,7,9,12,14,17-21H2/b23-13-. The molecule has 1 aliphatic heterocycles. The second kappa shape index (κ2) is 11.7. The molecular formula is C24H32N2O. The minimum atomic E-state index is 0.889. The van der Waals surface area contributed by atoms with Crippen molar-refractivity contribution in [3.8, 4) is 0 Å². The van der Waals surface area contributed by atoms with Crippen LogP contribution in [0.3, 0.4) is 0 Å². The Hall–Kier alpha value is -1.97. The van der Waals surface area contributed by atoms with Gasteiger partial charge in [0.15, 0.2) is 0 Å². The molecule has 0 saturated carbocycles. The largest absolute Gasteiger partial charge is 0.379 e. The lowest BCUT2D eigenvalue weighted by molar-refractivity contribution is 0.0372. The zero-order valence-electron chi connectivity index (χ0n) is 16.4. The number of rotatable bonds is 10. The second-order valence-corrected chi connectivity index (χ2v) is 7.23. The van der Waals surface area contributed by atoms with Gasteiger partial charge in [0.25, 0.3) is 0 Å². The van der Waals surface area contributed by atoms with Gasteiger partial charge in [-0.25, -0.2) is 0 Å². The van der Waals surface area contributed by atoms with E-state index in [1.807, 2.05) is 12.3 Å². The van der Waals surface area contributed by atoms with Crippen molar-refractivity contribution >= 4 is 5.57 Å². The lowest BCUT2D eigenvalue weighted by Gasteiger charge is -2.26. The zero-order chi connectivity index (χ0) is 18.6. The molecule has 1 aliphatic rings. The number of hydrogen-bond acceptors (Lipinski definition) is 3. The Morgan fingerprint density at radius 3 is 2.56 bits per heavy atom. The molecule has 0 amide bonds. The highest BCUT2D eigenvalue weighted by molar-refractivity contribution is 5.62. The van der Waals surface area contributed by atoms with Crippen molar-refractivity contribution in [3.05, 3.63) is 72.1 Å². The molecular weight excluding hydrogens is 332 g/mol. The Morgan fingerprint density at radius 2 is 1.78 bits per heavy atom. The Morgan fingerprint density at radius 1 is 0.963 bits per heavy atom. The van der Waals surface area contributed by atoms with Crippen LogP contribution in [0.1, 0.15) is 43.4 Å². The number of aryl methyl sites for hydroxylation is 1. The molecule has 3 nitrogen and oxygen atoms in total. The van der Waals surface area contributed by atoms with Crippen molar-refractivity contribution in [3.63, 3.8) is 0 Å². The first-order valence-corrected chi connectivity index (χ1v) is 10.4. The fraction of sp³-hybridized carbons (Fsp3) is 0.458. The van der Waals surface area contributed by atoms with E-state index in [0.717, 1.165) is 51.3 Å². The fourth-order valence-corrected chi connectivity index (χ4v) is 3.59. The molecule has 0 radical (unpaired) electrons. The summed E-state index contributed by atoms with van der Waals surface area (Å²) < 4.78 is 5.43. The van der Waals surface area contributed by atoms with Gasteiger partial charge in [-0.2, -0.15) is 0 Å². The van der Waals surface area contributed by atoms with Gasteiger partial charge >= 0.3 is 0 Å². The third kappa shape index (κ3) is 7.28. The minimum Gasteiger partial charge on any atom is -0.379 e. The summed E-state index contributed by atoms with van der Waals surface area (Å²) in [6.07, 6.45) is 11.3. The van der Waals surface area contributed by atoms with Crippen LogP contribution in [0.25, 0.3) is 5.57 Å². The van der Waals surface area contributed by atoms with Crippen molar-refractivity contribution in [1.29, 1.82) is 0 Å². The Balaban J connectivity index is 1.46. The molecule has 3 heteroatoms. The topological polar surface area (TPSA) is 25.4 Å². The van der Waals surface area contributed by atoms with Gasteiger partial charge in [0.05, 0.1) is 18.9 Å². The molecule has 0 atom stereocenters. The first-order valence-electron chi connectivity index (χ1n) is 10.4. The molecule has 0 aliphatic carbocycles. The highest BCUT2D eigenvalue weighted by Crippen LogP contribution is 2.20. The molecule has 0 bridgehead atoms. The van der Waals surface area contributed by atoms with Crippen LogP contribution in [0.5, 0.6) is 0 Å². The molecule has 2 aromatic rings. The molecule has 2 heterocycles. The van der Waals surface area contributed by atoms with Crippen molar-refractivity contribution in [2.75, 3.05) is 32.8 Å². The molecule has 3 rings (SSSR count). The van der Waals surface area contributed by atoms with E-state index >= 15 is 0 Å². The van der Waals surface area contributed by atoms with Crippen molar-refractivity contribution in [2.24, 2.45) is 0 Å². The third-order valence-electron chi connectivity index (χ3n) is 5.17. The average molecular weight is 365 g/mol. The fourth-order valence-electron chi connectivity index (χ4n) is 3.59. The maximum absolute atomic E-state index is 5.43. The summed E-state index contributed by atoms with van der Waals surface area (Å²) in [7, 11) is 0. The Bertz CT molecular complexity index is 663. The van der Waals surface area contributed by atoms with Crippen LogP contribution in [0.15, 0.2) is 60.8 Å². The van der Waals surface area contributed by atoms with Crippen LogP contribution in [-0.2, 0) is 11.2 Å². The zero-order valence-corrected chi connectivity index (χ0v) is 16.4. The molecule has 1 saturated heterocycles. The van der Waals surface area contributed by atoms with E-state index in [0.29, 0.717) is 0 Å². The summed E-state index contributed by atoms with van der Waals surface area (Å²) in [6.45, 7) is 5.14. The van der Waals surface area contributed by atoms with E-state index < -0.39 is 0 Å². The van der Waals surface area contributed by atoms with Gasteiger partial charge in [-0.1, -0.05) is 42.5 Å². The van der Waals surface area contributed by atoms with Crippen LogP contribution in [0.4, 0.5) is 0 Å². The van der Waals surface area contributed by atoms with Gasteiger partial charge in [-0.3, -0.25) is 9.88 Å². The van der Waals surface area contributed by atoms with Crippen molar-refractivity contribution < 1.29 is 4.74 Å². The van der Waals surface area contributed by atoms with E-state index in [4.69, 9.17) is 4.74 Å². The van der Waals surface area contributed by atoms with E-state index in [-0.39, 0.29) is 0 Å². The maximum Gasteiger partial charge on any atom is 0.0658 e. The van der Waals surface area contributed by atoms with E-state index in [2.05, 4.69) is 58.4 Å². The quantitative estimate of drug-likeness (QED) is 0.555. The van der Waals surface area contributed by atoms with Crippen molar-refractivity contribution in [1.82, 2.24) is 9.88 Å². The third-order valence-corrected chi connectivity index (χ3v) is 5.17. The van der Waals surface area contributed by atoms with Crippen molar-refractivity contribution in [2.45, 2.75) is 38.5 Å². The number of nitrogens with zero attached hydrogens (tertiary/aromatic N) is 2. The first-order chi connectivity index (χ1) is 13.4. The van der Waals surface area contributed by atoms with Gasteiger partial charge in [0, 0.05) is 19.3 Å². The molecule has 1 fully saturated rings. The summed E-state index contributed by atoms with van der Waals surface area (Å²) in [4.78, 5) is 7.11. The van der Waals surface area contributed by atoms with E-state index in [1.54, 1.807) is 0 Å². The van der Waals surface area contributed by atoms with Crippen LogP contribution in [0, 0.1) is 0 Å². The molecule has 0 N–H and O–H groups in total. The van der Waals surface area contributed by atoms with Gasteiger partial charge in [0.1, 0.15) is 0 Å². The molecule has 0 spiro atoms. The number of allylic oxidation sites excluding steroid dienone is 2. The predicted molar refractivity (Wildman–Crippen MR) is 113 cm³/mol. The highest BCUT2D eigenvalue weighted by Gasteiger charge is 2.10. The first kappa shape index (κ1) is 19.8. The monoisotopic (exact) mass is 364 g/mol. The van der Waals surface area contributed by atoms with Gasteiger partial charge < -0.3 is 4.74 Å². The Kier molecular flexibility index (Phi) is 8.56. The number of hydrogen-bond donors (Lipinski definition) is 0. The molecule has 144 valence electrons. The number of unbranched alkanes of at least 4 members (excludes halogenated alkanes) is 2. The average Bonchev–Trinajstić information content (AvgIpc) is 2.75.